The number of rotatable bonds is 15. The standard InChI is InChI=1S/C26H40N6O5/c1-4-15(2)22(26(36)37)32-23(33)16(3)30-25(35)21(11-7-8-12-27)31-24(34)19(28)13-17-14-29-20-10-6-5-9-18(17)20/h5-6,9-10,14-16,19,21-22,29H,4,7-8,11-13,27-28H2,1-3H3,(H,30,35)(H,31,34)(H,32,33)(H,36,37). The Balaban J connectivity index is 2.03. The van der Waals surface area contributed by atoms with Crippen LogP contribution in [0.15, 0.2) is 30.5 Å². The molecule has 2 aromatic rings. The largest absolute Gasteiger partial charge is 0.480 e. The van der Waals surface area contributed by atoms with Crippen LogP contribution in [0.3, 0.4) is 0 Å². The predicted octanol–water partition coefficient (Wildman–Crippen LogP) is 0.772. The summed E-state index contributed by atoms with van der Waals surface area (Å²) in [6.07, 6.45) is 4.21. The van der Waals surface area contributed by atoms with E-state index >= 15 is 0 Å². The van der Waals surface area contributed by atoms with E-state index in [1.165, 1.54) is 6.92 Å². The van der Waals surface area contributed by atoms with Crippen molar-refractivity contribution in [3.63, 3.8) is 0 Å². The van der Waals surface area contributed by atoms with Gasteiger partial charge in [-0.1, -0.05) is 38.5 Å². The molecule has 0 spiro atoms. The first-order chi connectivity index (χ1) is 17.6. The Morgan fingerprint density at radius 3 is 2.35 bits per heavy atom. The van der Waals surface area contributed by atoms with Gasteiger partial charge in [0.15, 0.2) is 0 Å². The van der Waals surface area contributed by atoms with Gasteiger partial charge >= 0.3 is 5.97 Å². The van der Waals surface area contributed by atoms with E-state index in [2.05, 4.69) is 20.9 Å². The molecule has 3 amide bonds. The molecule has 5 atom stereocenters. The van der Waals surface area contributed by atoms with Crippen LogP contribution in [0.2, 0.25) is 0 Å². The van der Waals surface area contributed by atoms with Gasteiger partial charge in [0, 0.05) is 17.1 Å². The van der Waals surface area contributed by atoms with Crippen LogP contribution in [-0.2, 0) is 25.6 Å². The molecule has 9 N–H and O–H groups in total. The minimum atomic E-state index is -1.14. The van der Waals surface area contributed by atoms with Gasteiger partial charge in [-0.25, -0.2) is 4.79 Å². The fraction of sp³-hybridized carbons (Fsp3) is 0.538. The summed E-state index contributed by atoms with van der Waals surface area (Å²) < 4.78 is 0. The number of unbranched alkanes of at least 4 members (excludes halogenated alkanes) is 1. The number of fused-ring (bicyclic) bond motifs is 1. The van der Waals surface area contributed by atoms with Crippen LogP contribution in [0.25, 0.3) is 10.9 Å². The van der Waals surface area contributed by atoms with E-state index in [0.717, 1.165) is 16.5 Å². The highest BCUT2D eigenvalue weighted by atomic mass is 16.4. The second kappa shape index (κ2) is 14.3. The smallest absolute Gasteiger partial charge is 0.326 e. The average Bonchev–Trinajstić information content (AvgIpc) is 3.28. The molecule has 0 aliphatic heterocycles. The van der Waals surface area contributed by atoms with Crippen LogP contribution < -0.4 is 27.4 Å². The van der Waals surface area contributed by atoms with Crippen molar-refractivity contribution >= 4 is 34.6 Å². The molecular weight excluding hydrogens is 476 g/mol. The summed E-state index contributed by atoms with van der Waals surface area (Å²) in [6, 6.07) is 3.80. The van der Waals surface area contributed by atoms with E-state index < -0.39 is 47.9 Å². The number of carboxylic acid groups (broad SMARTS) is 1. The molecule has 1 heterocycles. The molecule has 0 saturated carbocycles. The van der Waals surface area contributed by atoms with Crippen LogP contribution in [0, 0.1) is 5.92 Å². The Morgan fingerprint density at radius 2 is 1.70 bits per heavy atom. The molecule has 11 nitrogen and oxygen atoms in total. The van der Waals surface area contributed by atoms with Gasteiger partial charge in [0.1, 0.15) is 18.1 Å². The molecule has 5 unspecified atom stereocenters. The van der Waals surface area contributed by atoms with Crippen LogP contribution in [0.4, 0.5) is 0 Å². The molecule has 0 fully saturated rings. The van der Waals surface area contributed by atoms with Crippen LogP contribution in [-0.4, -0.2) is 64.5 Å². The highest BCUT2D eigenvalue weighted by molar-refractivity contribution is 5.94. The Morgan fingerprint density at radius 1 is 1.00 bits per heavy atom. The van der Waals surface area contributed by atoms with Gasteiger partial charge in [-0.05, 0) is 56.7 Å². The number of hydrogen-bond acceptors (Lipinski definition) is 6. The number of carboxylic acids is 1. The summed E-state index contributed by atoms with van der Waals surface area (Å²) in [7, 11) is 0. The number of para-hydroxylation sites is 1. The zero-order chi connectivity index (χ0) is 27.5. The van der Waals surface area contributed by atoms with Crippen molar-refractivity contribution in [2.45, 2.75) is 77.0 Å². The number of nitrogens with two attached hydrogens (primary N) is 2. The third-order valence-electron chi connectivity index (χ3n) is 6.56. The number of aromatic nitrogens is 1. The normalized spacial score (nSPS) is 15.3. The number of carbonyl (C=O) groups is 4. The van der Waals surface area contributed by atoms with E-state index in [0.29, 0.717) is 32.2 Å². The van der Waals surface area contributed by atoms with Crippen molar-refractivity contribution in [2.24, 2.45) is 17.4 Å². The number of amides is 3. The summed E-state index contributed by atoms with van der Waals surface area (Å²) in [5.41, 5.74) is 13.6. The van der Waals surface area contributed by atoms with Gasteiger partial charge < -0.3 is 37.5 Å². The maximum atomic E-state index is 13.0. The summed E-state index contributed by atoms with van der Waals surface area (Å²) >= 11 is 0. The highest BCUT2D eigenvalue weighted by Gasteiger charge is 2.30. The molecule has 0 radical (unpaired) electrons. The van der Waals surface area contributed by atoms with Gasteiger partial charge in [0.25, 0.3) is 0 Å². The van der Waals surface area contributed by atoms with E-state index in [-0.39, 0.29) is 12.3 Å². The molecule has 1 aromatic heterocycles. The Bertz CT molecular complexity index is 1070. The maximum Gasteiger partial charge on any atom is 0.326 e. The molecule has 11 heteroatoms. The second-order valence-electron chi connectivity index (χ2n) is 9.46. The molecule has 2 rings (SSSR count). The predicted molar refractivity (Wildman–Crippen MR) is 141 cm³/mol. The van der Waals surface area contributed by atoms with Gasteiger partial charge in [-0.15, -0.1) is 0 Å². The lowest BCUT2D eigenvalue weighted by Crippen LogP contribution is -2.57. The lowest BCUT2D eigenvalue weighted by molar-refractivity contribution is -0.143. The van der Waals surface area contributed by atoms with Crippen LogP contribution in [0.5, 0.6) is 0 Å². The zero-order valence-corrected chi connectivity index (χ0v) is 21.8. The molecular formula is C26H40N6O5. The molecule has 0 aliphatic rings. The number of benzene rings is 1. The Kier molecular flexibility index (Phi) is 11.5. The minimum Gasteiger partial charge on any atom is -0.480 e. The topological polar surface area (TPSA) is 192 Å². The first-order valence-corrected chi connectivity index (χ1v) is 12.7. The molecule has 204 valence electrons. The zero-order valence-electron chi connectivity index (χ0n) is 21.8. The monoisotopic (exact) mass is 516 g/mol. The third-order valence-corrected chi connectivity index (χ3v) is 6.56. The Labute approximate surface area is 217 Å². The highest BCUT2D eigenvalue weighted by Crippen LogP contribution is 2.19. The summed E-state index contributed by atoms with van der Waals surface area (Å²) in [5, 5.41) is 18.2. The van der Waals surface area contributed by atoms with Gasteiger partial charge in [0.2, 0.25) is 17.7 Å². The van der Waals surface area contributed by atoms with Crippen LogP contribution >= 0.6 is 0 Å². The van der Waals surface area contributed by atoms with E-state index in [1.807, 2.05) is 37.4 Å². The summed E-state index contributed by atoms with van der Waals surface area (Å²) in [4.78, 5) is 53.2. The molecule has 0 bridgehead atoms. The fourth-order valence-corrected chi connectivity index (χ4v) is 4.01. The Hall–Kier alpha value is -3.44. The number of aliphatic carboxylic acids is 1. The fourth-order valence-electron chi connectivity index (χ4n) is 4.01. The van der Waals surface area contributed by atoms with E-state index in [9.17, 15) is 24.3 Å². The van der Waals surface area contributed by atoms with E-state index in [4.69, 9.17) is 11.5 Å². The molecule has 37 heavy (non-hydrogen) atoms. The number of nitrogens with one attached hydrogen (secondary N) is 4. The molecule has 0 saturated heterocycles. The quantitative estimate of drug-likeness (QED) is 0.170. The molecule has 0 aliphatic carbocycles. The summed E-state index contributed by atoms with van der Waals surface area (Å²) in [6.45, 7) is 5.46. The number of H-pyrrole nitrogens is 1. The van der Waals surface area contributed by atoms with Gasteiger partial charge in [0.05, 0.1) is 6.04 Å². The van der Waals surface area contributed by atoms with Crippen molar-refractivity contribution in [1.29, 1.82) is 0 Å². The lowest BCUT2D eigenvalue weighted by atomic mass is 9.99. The number of carbonyl (C=O) groups excluding carboxylic acids is 3. The second-order valence-corrected chi connectivity index (χ2v) is 9.46. The van der Waals surface area contributed by atoms with Crippen LogP contribution in [0.1, 0.15) is 52.0 Å². The minimum absolute atomic E-state index is 0.276. The number of hydrogen-bond donors (Lipinski definition) is 7. The van der Waals surface area contributed by atoms with E-state index in [1.54, 1.807) is 6.92 Å². The van der Waals surface area contributed by atoms with Crippen molar-refractivity contribution in [3.05, 3.63) is 36.0 Å². The van der Waals surface area contributed by atoms with Crippen molar-refractivity contribution in [3.8, 4) is 0 Å². The van der Waals surface area contributed by atoms with Gasteiger partial charge in [-0.2, -0.15) is 0 Å². The average molecular weight is 517 g/mol. The van der Waals surface area contributed by atoms with Gasteiger partial charge in [-0.3, -0.25) is 14.4 Å². The first kappa shape index (κ1) is 29.8. The first-order valence-electron chi connectivity index (χ1n) is 12.7. The lowest BCUT2D eigenvalue weighted by Gasteiger charge is -2.25. The SMILES string of the molecule is CCC(C)C(NC(=O)C(C)NC(=O)C(CCCCN)NC(=O)C(N)Cc1c[nH]c2ccccc12)C(=O)O. The van der Waals surface area contributed by atoms with Crippen molar-refractivity contribution < 1.29 is 24.3 Å². The van der Waals surface area contributed by atoms with Crippen molar-refractivity contribution in [2.75, 3.05) is 6.54 Å². The molecule has 1 aromatic carbocycles. The summed E-state index contributed by atoms with van der Waals surface area (Å²) in [5.74, 6) is -3.09. The maximum absolute atomic E-state index is 13.0. The number of aromatic amines is 1. The third kappa shape index (κ3) is 8.57. The van der Waals surface area contributed by atoms with Crippen molar-refractivity contribution in [1.82, 2.24) is 20.9 Å².